The zero-order valence-electron chi connectivity index (χ0n) is 10.8. The van der Waals surface area contributed by atoms with Crippen molar-refractivity contribution in [2.45, 2.75) is 5.75 Å². The summed E-state index contributed by atoms with van der Waals surface area (Å²) in [6.45, 7) is 0. The highest BCUT2D eigenvalue weighted by Gasteiger charge is 2.09. The van der Waals surface area contributed by atoms with E-state index < -0.39 is 5.91 Å². The van der Waals surface area contributed by atoms with Crippen LogP contribution in [-0.4, -0.2) is 22.6 Å². The van der Waals surface area contributed by atoms with Gasteiger partial charge in [0.1, 0.15) is 4.88 Å². The number of nitrogens with two attached hydrogens (primary N) is 1. The summed E-state index contributed by atoms with van der Waals surface area (Å²) in [7, 11) is 0. The van der Waals surface area contributed by atoms with Crippen molar-refractivity contribution >= 4 is 51.6 Å². The van der Waals surface area contributed by atoms with Gasteiger partial charge in [0.25, 0.3) is 5.91 Å². The van der Waals surface area contributed by atoms with E-state index >= 15 is 0 Å². The van der Waals surface area contributed by atoms with Gasteiger partial charge in [-0.2, -0.15) is 0 Å². The number of nitrogens with zero attached hydrogens (tertiary/aromatic N) is 1. The van der Waals surface area contributed by atoms with E-state index in [0.29, 0.717) is 20.8 Å². The molecular weight excluding hydrogens is 330 g/mol. The van der Waals surface area contributed by atoms with Gasteiger partial charge in [-0.15, -0.1) is 11.8 Å². The molecule has 0 unspecified atom stereocenters. The molecule has 2 aromatic rings. The van der Waals surface area contributed by atoms with Crippen LogP contribution in [0, 0.1) is 0 Å². The molecule has 110 valence electrons. The first-order valence-electron chi connectivity index (χ1n) is 5.92. The zero-order chi connectivity index (χ0) is 15.2. The van der Waals surface area contributed by atoms with Gasteiger partial charge in [0.15, 0.2) is 5.13 Å². The summed E-state index contributed by atoms with van der Waals surface area (Å²) in [6.07, 6.45) is 1.35. The number of halogens is 1. The number of amides is 2. The van der Waals surface area contributed by atoms with Gasteiger partial charge in [0, 0.05) is 10.8 Å². The number of thioether (sulfide) groups is 1. The van der Waals surface area contributed by atoms with Gasteiger partial charge in [-0.1, -0.05) is 35.1 Å². The molecule has 0 aliphatic rings. The van der Waals surface area contributed by atoms with Gasteiger partial charge >= 0.3 is 0 Å². The minimum absolute atomic E-state index is 0.174. The Kier molecular flexibility index (Phi) is 5.60. The van der Waals surface area contributed by atoms with Crippen molar-refractivity contribution < 1.29 is 9.59 Å². The van der Waals surface area contributed by atoms with Crippen molar-refractivity contribution in [1.82, 2.24) is 4.98 Å². The molecule has 5 nitrogen and oxygen atoms in total. The van der Waals surface area contributed by atoms with Crippen LogP contribution in [-0.2, 0) is 10.5 Å². The molecule has 2 rings (SSSR count). The summed E-state index contributed by atoms with van der Waals surface area (Å²) >= 11 is 8.42. The van der Waals surface area contributed by atoms with Crippen LogP contribution < -0.4 is 11.1 Å². The Morgan fingerprint density at radius 2 is 2.24 bits per heavy atom. The number of carbonyl (C=O) groups is 2. The zero-order valence-corrected chi connectivity index (χ0v) is 13.2. The van der Waals surface area contributed by atoms with Crippen molar-refractivity contribution in [3.63, 3.8) is 0 Å². The molecule has 0 bridgehead atoms. The maximum absolute atomic E-state index is 11.7. The molecule has 0 aliphatic carbocycles. The summed E-state index contributed by atoms with van der Waals surface area (Å²) in [5, 5.41) is 3.68. The van der Waals surface area contributed by atoms with Crippen LogP contribution in [0.5, 0.6) is 0 Å². The van der Waals surface area contributed by atoms with Crippen molar-refractivity contribution in [3.05, 3.63) is 45.9 Å². The number of thiazole rings is 1. The van der Waals surface area contributed by atoms with Crippen LogP contribution in [0.4, 0.5) is 5.13 Å². The third kappa shape index (κ3) is 5.04. The smallest absolute Gasteiger partial charge is 0.260 e. The number of hydrogen-bond acceptors (Lipinski definition) is 5. The van der Waals surface area contributed by atoms with Crippen LogP contribution >= 0.6 is 34.7 Å². The second-order valence-electron chi connectivity index (χ2n) is 4.06. The van der Waals surface area contributed by atoms with Crippen LogP contribution in [0.1, 0.15) is 15.2 Å². The van der Waals surface area contributed by atoms with Crippen LogP contribution in [0.3, 0.4) is 0 Å². The Morgan fingerprint density at radius 3 is 2.90 bits per heavy atom. The Bertz CT molecular complexity index is 660. The number of anilines is 1. The van der Waals surface area contributed by atoms with Crippen LogP contribution in [0.25, 0.3) is 0 Å². The molecule has 0 saturated carbocycles. The monoisotopic (exact) mass is 341 g/mol. The fourth-order valence-corrected chi connectivity index (χ4v) is 3.16. The maximum Gasteiger partial charge on any atom is 0.260 e. The molecule has 1 aromatic heterocycles. The second-order valence-corrected chi connectivity index (χ2v) is 6.52. The normalized spacial score (nSPS) is 10.3. The first-order chi connectivity index (χ1) is 10.0. The molecule has 0 aliphatic heterocycles. The minimum Gasteiger partial charge on any atom is -0.365 e. The molecule has 21 heavy (non-hydrogen) atoms. The lowest BCUT2D eigenvalue weighted by molar-refractivity contribution is -0.113. The van der Waals surface area contributed by atoms with E-state index in [0.717, 1.165) is 16.9 Å². The standard InChI is InChI=1S/C13H12ClN3O2S2/c14-9-3-1-2-8(4-9)6-20-7-11(18)17-13-16-5-10(21-13)12(15)19/h1-5H,6-7H2,(H2,15,19)(H,16,17,18). The average Bonchev–Trinajstić information content (AvgIpc) is 2.87. The lowest BCUT2D eigenvalue weighted by atomic mass is 10.2. The van der Waals surface area contributed by atoms with Crippen LogP contribution in [0.2, 0.25) is 5.02 Å². The molecule has 0 spiro atoms. The van der Waals surface area contributed by atoms with Gasteiger partial charge in [-0.3, -0.25) is 9.59 Å². The predicted molar refractivity (Wildman–Crippen MR) is 86.9 cm³/mol. The number of rotatable bonds is 6. The van der Waals surface area contributed by atoms with E-state index in [1.165, 1.54) is 18.0 Å². The maximum atomic E-state index is 11.7. The van der Waals surface area contributed by atoms with E-state index in [-0.39, 0.29) is 11.7 Å². The number of primary amides is 1. The van der Waals surface area contributed by atoms with Crippen molar-refractivity contribution in [2.75, 3.05) is 11.1 Å². The Labute approximate surface area is 134 Å². The molecule has 2 amide bonds. The lowest BCUT2D eigenvalue weighted by Crippen LogP contribution is -2.13. The molecule has 0 atom stereocenters. The summed E-state index contributed by atoms with van der Waals surface area (Å²) in [5.41, 5.74) is 6.18. The van der Waals surface area contributed by atoms with E-state index in [4.69, 9.17) is 17.3 Å². The van der Waals surface area contributed by atoms with Crippen molar-refractivity contribution in [3.8, 4) is 0 Å². The fraction of sp³-hybridized carbons (Fsp3) is 0.154. The topological polar surface area (TPSA) is 85.1 Å². The van der Waals surface area contributed by atoms with Gasteiger partial charge in [-0.25, -0.2) is 4.98 Å². The number of aromatic nitrogens is 1. The molecular formula is C13H12ClN3O2S2. The van der Waals surface area contributed by atoms with E-state index in [1.807, 2.05) is 18.2 Å². The summed E-state index contributed by atoms with van der Waals surface area (Å²) in [5.74, 6) is 0.256. The largest absolute Gasteiger partial charge is 0.365 e. The van der Waals surface area contributed by atoms with Crippen molar-refractivity contribution in [2.24, 2.45) is 5.73 Å². The van der Waals surface area contributed by atoms with Crippen molar-refractivity contribution in [1.29, 1.82) is 0 Å². The number of carbonyl (C=O) groups excluding carboxylic acids is 2. The predicted octanol–water partition coefficient (Wildman–Crippen LogP) is 2.77. The third-order valence-corrected chi connectivity index (χ3v) is 4.55. The lowest BCUT2D eigenvalue weighted by Gasteiger charge is -2.03. The van der Waals surface area contributed by atoms with E-state index in [1.54, 1.807) is 6.07 Å². The average molecular weight is 342 g/mol. The molecule has 1 heterocycles. The molecule has 3 N–H and O–H groups in total. The van der Waals surface area contributed by atoms with Gasteiger partial charge < -0.3 is 11.1 Å². The SMILES string of the molecule is NC(=O)c1cnc(NC(=O)CSCc2cccc(Cl)c2)s1. The van der Waals surface area contributed by atoms with Gasteiger partial charge in [-0.05, 0) is 17.7 Å². The molecule has 0 fully saturated rings. The first-order valence-corrected chi connectivity index (χ1v) is 8.27. The number of benzene rings is 1. The fourth-order valence-electron chi connectivity index (χ4n) is 1.49. The molecule has 0 saturated heterocycles. The highest BCUT2D eigenvalue weighted by molar-refractivity contribution is 7.99. The molecule has 0 radical (unpaired) electrons. The Balaban J connectivity index is 1.78. The third-order valence-electron chi connectivity index (χ3n) is 2.39. The second kappa shape index (κ2) is 7.44. The number of nitrogens with one attached hydrogen (secondary N) is 1. The number of hydrogen-bond donors (Lipinski definition) is 2. The Morgan fingerprint density at radius 1 is 1.43 bits per heavy atom. The first kappa shape index (κ1) is 15.8. The highest BCUT2D eigenvalue weighted by Crippen LogP contribution is 2.19. The van der Waals surface area contributed by atoms with E-state index in [9.17, 15) is 9.59 Å². The van der Waals surface area contributed by atoms with E-state index in [2.05, 4.69) is 10.3 Å². The molecule has 1 aromatic carbocycles. The Hall–Kier alpha value is -1.57. The van der Waals surface area contributed by atoms with Gasteiger partial charge in [0.2, 0.25) is 5.91 Å². The quantitative estimate of drug-likeness (QED) is 0.846. The molecule has 8 heteroatoms. The minimum atomic E-state index is -0.552. The van der Waals surface area contributed by atoms with Crippen LogP contribution in [0.15, 0.2) is 30.5 Å². The highest BCUT2D eigenvalue weighted by atomic mass is 35.5. The summed E-state index contributed by atoms with van der Waals surface area (Å²) in [6, 6.07) is 7.50. The summed E-state index contributed by atoms with van der Waals surface area (Å²) < 4.78 is 0. The summed E-state index contributed by atoms with van der Waals surface area (Å²) in [4.78, 5) is 26.9. The van der Waals surface area contributed by atoms with Gasteiger partial charge in [0.05, 0.1) is 11.9 Å².